The summed E-state index contributed by atoms with van der Waals surface area (Å²) in [5, 5.41) is 0. The molecule has 0 aliphatic rings. The molecule has 1 atom stereocenters. The Morgan fingerprint density at radius 1 is 0.683 bits per heavy atom. The Hall–Kier alpha value is -3.21. The summed E-state index contributed by atoms with van der Waals surface area (Å²) in [7, 11) is 0. The highest BCUT2D eigenvalue weighted by atomic mass is 16.6. The van der Waals surface area contributed by atoms with Crippen molar-refractivity contribution in [1.29, 1.82) is 0 Å². The van der Waals surface area contributed by atoms with Crippen LogP contribution in [0.4, 0.5) is 0 Å². The second-order valence-electron chi connectivity index (χ2n) is 11.2. The molecular formula is C36H50N2O3. The van der Waals surface area contributed by atoms with E-state index >= 15 is 0 Å². The van der Waals surface area contributed by atoms with Crippen molar-refractivity contribution < 1.29 is 14.3 Å². The second-order valence-corrected chi connectivity index (χ2v) is 11.2. The first-order chi connectivity index (χ1) is 20.1. The Balaban J connectivity index is 1.39. The van der Waals surface area contributed by atoms with Gasteiger partial charge in [-0.15, -0.1) is 0 Å². The van der Waals surface area contributed by atoms with Gasteiger partial charge in [0.15, 0.2) is 11.6 Å². The number of nitrogens with zero attached hydrogens (tertiary/aromatic N) is 2. The monoisotopic (exact) mass is 558 g/mol. The number of carbonyl (C=O) groups excluding carboxylic acids is 1. The quantitative estimate of drug-likeness (QED) is 0.102. The molecule has 222 valence electrons. The number of benzene rings is 2. The van der Waals surface area contributed by atoms with Gasteiger partial charge in [-0.3, -0.25) is 4.79 Å². The number of unbranched alkanes of at least 4 members (excludes halogenated alkanes) is 10. The lowest BCUT2D eigenvalue weighted by atomic mass is 10.00. The van der Waals surface area contributed by atoms with Crippen molar-refractivity contribution in [3.8, 4) is 28.3 Å². The number of carbonyl (C=O) groups is 1. The molecule has 0 N–H and O–H groups in total. The fourth-order valence-corrected chi connectivity index (χ4v) is 4.91. The van der Waals surface area contributed by atoms with Crippen LogP contribution in [0.3, 0.4) is 0 Å². The SMILES string of the molecule is CCCCCCCCCCCc1ccc(-c2ccc(-c3ncc(OC[C@@H](C)OC(=O)CCCCC)cn3)cc2)cc1. The maximum atomic E-state index is 11.9. The number of hydrogen-bond donors (Lipinski definition) is 0. The van der Waals surface area contributed by atoms with Crippen LogP contribution in [0.25, 0.3) is 22.5 Å². The second kappa shape index (κ2) is 19.0. The summed E-state index contributed by atoms with van der Waals surface area (Å²) in [6, 6.07) is 17.3. The first-order valence-electron chi connectivity index (χ1n) is 15.9. The minimum atomic E-state index is -0.319. The highest BCUT2D eigenvalue weighted by Gasteiger charge is 2.11. The van der Waals surface area contributed by atoms with Crippen LogP contribution in [0.15, 0.2) is 60.9 Å². The summed E-state index contributed by atoms with van der Waals surface area (Å²) in [6.45, 7) is 6.50. The van der Waals surface area contributed by atoms with E-state index in [4.69, 9.17) is 9.47 Å². The van der Waals surface area contributed by atoms with Gasteiger partial charge in [-0.2, -0.15) is 0 Å². The van der Waals surface area contributed by atoms with E-state index in [1.807, 2.05) is 6.92 Å². The molecule has 5 nitrogen and oxygen atoms in total. The third-order valence-electron chi connectivity index (χ3n) is 7.43. The Labute approximate surface area is 248 Å². The molecule has 0 unspecified atom stereocenters. The lowest BCUT2D eigenvalue weighted by Crippen LogP contribution is -2.22. The van der Waals surface area contributed by atoms with E-state index in [9.17, 15) is 4.79 Å². The summed E-state index contributed by atoms with van der Waals surface area (Å²) >= 11 is 0. The van der Waals surface area contributed by atoms with Crippen LogP contribution in [0.1, 0.15) is 110 Å². The van der Waals surface area contributed by atoms with Gasteiger partial charge in [0.25, 0.3) is 0 Å². The molecule has 1 aromatic heterocycles. The van der Waals surface area contributed by atoms with Gasteiger partial charge in [0.1, 0.15) is 12.7 Å². The van der Waals surface area contributed by atoms with Gasteiger partial charge in [0.05, 0.1) is 12.4 Å². The zero-order valence-corrected chi connectivity index (χ0v) is 25.6. The number of aryl methyl sites for hydroxylation is 1. The van der Waals surface area contributed by atoms with Gasteiger partial charge in [-0.1, -0.05) is 127 Å². The van der Waals surface area contributed by atoms with Crippen LogP contribution in [0.2, 0.25) is 0 Å². The van der Waals surface area contributed by atoms with Crippen molar-refractivity contribution >= 4 is 5.97 Å². The zero-order valence-electron chi connectivity index (χ0n) is 25.6. The van der Waals surface area contributed by atoms with Crippen LogP contribution in [-0.2, 0) is 16.0 Å². The molecule has 0 fully saturated rings. The van der Waals surface area contributed by atoms with Crippen LogP contribution < -0.4 is 4.74 Å². The average Bonchev–Trinajstić information content (AvgIpc) is 3.00. The van der Waals surface area contributed by atoms with E-state index in [1.54, 1.807) is 12.4 Å². The summed E-state index contributed by atoms with van der Waals surface area (Å²) in [5.41, 5.74) is 4.78. The van der Waals surface area contributed by atoms with Gasteiger partial charge in [0, 0.05) is 12.0 Å². The third kappa shape index (κ3) is 12.5. The van der Waals surface area contributed by atoms with E-state index in [1.165, 1.54) is 74.5 Å². The molecule has 0 spiro atoms. The lowest BCUT2D eigenvalue weighted by molar-refractivity contribution is -0.149. The number of esters is 1. The summed E-state index contributed by atoms with van der Waals surface area (Å²) in [4.78, 5) is 20.8. The minimum absolute atomic E-state index is 0.172. The number of hydrogen-bond acceptors (Lipinski definition) is 5. The molecule has 3 rings (SSSR count). The molecule has 2 aromatic carbocycles. The molecule has 0 bridgehead atoms. The van der Waals surface area contributed by atoms with E-state index in [2.05, 4.69) is 72.3 Å². The summed E-state index contributed by atoms with van der Waals surface area (Å²) in [6.07, 6.45) is 19.9. The number of ether oxygens (including phenoxy) is 2. The highest BCUT2D eigenvalue weighted by Crippen LogP contribution is 2.24. The van der Waals surface area contributed by atoms with Gasteiger partial charge >= 0.3 is 5.97 Å². The molecule has 0 saturated carbocycles. The maximum Gasteiger partial charge on any atom is 0.306 e. The van der Waals surface area contributed by atoms with Crippen molar-refractivity contribution in [3.05, 3.63) is 66.5 Å². The van der Waals surface area contributed by atoms with Gasteiger partial charge in [-0.25, -0.2) is 9.97 Å². The normalized spacial score (nSPS) is 11.8. The fraction of sp³-hybridized carbons (Fsp3) is 0.528. The van der Waals surface area contributed by atoms with Gasteiger partial charge in [0.2, 0.25) is 0 Å². The third-order valence-corrected chi connectivity index (χ3v) is 7.43. The van der Waals surface area contributed by atoms with E-state index < -0.39 is 0 Å². The van der Waals surface area contributed by atoms with E-state index in [0.29, 0.717) is 18.0 Å². The zero-order chi connectivity index (χ0) is 29.1. The Morgan fingerprint density at radius 2 is 1.20 bits per heavy atom. The average molecular weight is 559 g/mol. The van der Waals surface area contributed by atoms with Crippen molar-refractivity contribution in [2.24, 2.45) is 0 Å². The molecular weight excluding hydrogens is 508 g/mol. The standard InChI is InChI=1S/C36H50N2O3/c1-4-6-8-9-10-11-12-13-15-16-30-18-20-31(21-19-30)32-22-24-33(25-23-32)36-37-26-34(27-38-36)40-28-29(3)41-35(39)17-14-7-5-2/h18-27,29H,4-17,28H2,1-3H3/t29-/m1/s1. The van der Waals surface area contributed by atoms with E-state index in [-0.39, 0.29) is 18.7 Å². The van der Waals surface area contributed by atoms with Crippen molar-refractivity contribution in [2.45, 2.75) is 117 Å². The maximum absolute atomic E-state index is 11.9. The topological polar surface area (TPSA) is 61.3 Å². The Kier molecular flexibility index (Phi) is 15.0. The summed E-state index contributed by atoms with van der Waals surface area (Å²) < 4.78 is 11.1. The number of aromatic nitrogens is 2. The highest BCUT2D eigenvalue weighted by molar-refractivity contribution is 5.69. The van der Waals surface area contributed by atoms with Gasteiger partial charge in [-0.05, 0) is 42.9 Å². The molecule has 0 aliphatic carbocycles. The fourth-order valence-electron chi connectivity index (χ4n) is 4.91. The first-order valence-corrected chi connectivity index (χ1v) is 15.9. The van der Waals surface area contributed by atoms with Crippen LogP contribution in [0.5, 0.6) is 5.75 Å². The molecule has 0 radical (unpaired) electrons. The smallest absolute Gasteiger partial charge is 0.306 e. The summed E-state index contributed by atoms with van der Waals surface area (Å²) in [5.74, 6) is 1.03. The Morgan fingerprint density at radius 3 is 1.80 bits per heavy atom. The molecule has 0 saturated heterocycles. The minimum Gasteiger partial charge on any atom is -0.486 e. The molecule has 5 heteroatoms. The van der Waals surface area contributed by atoms with Crippen molar-refractivity contribution in [2.75, 3.05) is 6.61 Å². The van der Waals surface area contributed by atoms with Crippen molar-refractivity contribution in [3.63, 3.8) is 0 Å². The largest absolute Gasteiger partial charge is 0.486 e. The molecule has 1 heterocycles. The molecule has 0 aliphatic heterocycles. The molecule has 41 heavy (non-hydrogen) atoms. The number of rotatable bonds is 20. The van der Waals surface area contributed by atoms with Crippen molar-refractivity contribution in [1.82, 2.24) is 9.97 Å². The van der Waals surface area contributed by atoms with Crippen LogP contribution >= 0.6 is 0 Å². The predicted octanol–water partition coefficient (Wildman–Crippen LogP) is 9.77. The predicted molar refractivity (Wildman–Crippen MR) is 169 cm³/mol. The Bertz CT molecular complexity index is 1110. The molecule has 3 aromatic rings. The first kappa shape index (κ1) is 32.3. The van der Waals surface area contributed by atoms with Crippen LogP contribution in [0, 0.1) is 0 Å². The van der Waals surface area contributed by atoms with E-state index in [0.717, 1.165) is 31.2 Å². The lowest BCUT2D eigenvalue weighted by Gasteiger charge is -2.14. The van der Waals surface area contributed by atoms with Gasteiger partial charge < -0.3 is 9.47 Å². The molecule has 0 amide bonds. The van der Waals surface area contributed by atoms with Crippen LogP contribution in [-0.4, -0.2) is 28.6 Å².